The molecule has 0 radical (unpaired) electrons. The van der Waals surface area contributed by atoms with Crippen LogP contribution in [-0.4, -0.2) is 40.1 Å². The zero-order valence-electron chi connectivity index (χ0n) is 12.1. The Morgan fingerprint density at radius 1 is 1.55 bits per heavy atom. The molecule has 0 saturated carbocycles. The van der Waals surface area contributed by atoms with Gasteiger partial charge < -0.3 is 14.7 Å². The fourth-order valence-corrected chi connectivity index (χ4v) is 2.45. The zero-order chi connectivity index (χ0) is 15.5. The summed E-state index contributed by atoms with van der Waals surface area (Å²) in [7, 11) is 0. The van der Waals surface area contributed by atoms with Gasteiger partial charge in [0.2, 0.25) is 5.76 Å². The zero-order valence-corrected chi connectivity index (χ0v) is 12.1. The summed E-state index contributed by atoms with van der Waals surface area (Å²) in [4.78, 5) is 17.9. The van der Waals surface area contributed by atoms with Gasteiger partial charge in [0.25, 0.3) is 5.91 Å². The molecule has 1 atom stereocenters. The third-order valence-electron chi connectivity index (χ3n) is 3.59. The van der Waals surface area contributed by atoms with Crippen LogP contribution in [0.5, 0.6) is 0 Å². The van der Waals surface area contributed by atoms with Crippen molar-refractivity contribution in [2.75, 3.05) is 13.1 Å². The van der Waals surface area contributed by atoms with Crippen LogP contribution in [0.15, 0.2) is 28.9 Å². The van der Waals surface area contributed by atoms with E-state index in [2.05, 4.69) is 21.7 Å². The minimum Gasteiger partial charge on any atom is -0.350 e. The SMILES string of the molecule is Cc1cc(-c2cc(C(=O)N[C@@H]3CCN(C#N)C3)on2)ccn1. The number of rotatable bonds is 3. The number of hydrogen-bond donors (Lipinski definition) is 1. The van der Waals surface area contributed by atoms with E-state index in [1.54, 1.807) is 17.2 Å². The molecule has 1 saturated heterocycles. The molecule has 0 spiro atoms. The molecule has 7 heteroatoms. The van der Waals surface area contributed by atoms with E-state index < -0.39 is 0 Å². The average molecular weight is 297 g/mol. The van der Waals surface area contributed by atoms with Crippen molar-refractivity contribution in [1.29, 1.82) is 5.26 Å². The average Bonchev–Trinajstić information content (AvgIpc) is 3.16. The molecule has 0 bridgehead atoms. The lowest BCUT2D eigenvalue weighted by Crippen LogP contribution is -2.36. The van der Waals surface area contributed by atoms with Crippen molar-refractivity contribution < 1.29 is 9.32 Å². The summed E-state index contributed by atoms with van der Waals surface area (Å²) < 4.78 is 5.12. The molecule has 1 fully saturated rings. The lowest BCUT2D eigenvalue weighted by Gasteiger charge is -2.10. The van der Waals surface area contributed by atoms with Crippen molar-refractivity contribution in [2.24, 2.45) is 0 Å². The number of nitriles is 1. The monoisotopic (exact) mass is 297 g/mol. The second-order valence-corrected chi connectivity index (χ2v) is 5.27. The summed E-state index contributed by atoms with van der Waals surface area (Å²) in [6.07, 6.45) is 4.52. The highest BCUT2D eigenvalue weighted by Crippen LogP contribution is 2.19. The largest absolute Gasteiger partial charge is 0.350 e. The number of nitrogens with one attached hydrogen (secondary N) is 1. The number of pyridine rings is 1. The summed E-state index contributed by atoms with van der Waals surface area (Å²) in [5, 5.41) is 15.6. The van der Waals surface area contributed by atoms with Gasteiger partial charge >= 0.3 is 0 Å². The van der Waals surface area contributed by atoms with E-state index in [0.29, 0.717) is 18.8 Å². The van der Waals surface area contributed by atoms with Crippen LogP contribution in [0.3, 0.4) is 0 Å². The molecule has 1 N–H and O–H groups in total. The molecule has 112 valence electrons. The van der Waals surface area contributed by atoms with Gasteiger partial charge in [-0.2, -0.15) is 5.26 Å². The number of carbonyl (C=O) groups excluding carboxylic acids is 1. The molecule has 3 heterocycles. The van der Waals surface area contributed by atoms with E-state index in [0.717, 1.165) is 17.7 Å². The molecule has 1 aliphatic heterocycles. The third kappa shape index (κ3) is 2.91. The number of amides is 1. The fraction of sp³-hybridized carbons (Fsp3) is 0.333. The molecule has 1 aliphatic rings. The molecule has 0 unspecified atom stereocenters. The predicted molar refractivity (Wildman–Crippen MR) is 77.5 cm³/mol. The van der Waals surface area contributed by atoms with Gasteiger partial charge in [-0.25, -0.2) is 0 Å². The standard InChI is InChI=1S/C15H15N5O2/c1-10-6-11(2-4-17-10)13-7-14(22-19-13)15(21)18-12-3-5-20(8-12)9-16/h2,4,6-7,12H,3,5,8H2,1H3,(H,18,21)/t12-/m1/s1. The van der Waals surface area contributed by atoms with Gasteiger partial charge in [0.05, 0.1) is 0 Å². The normalized spacial score (nSPS) is 17.3. The molecule has 1 amide bonds. The van der Waals surface area contributed by atoms with Crippen LogP contribution in [-0.2, 0) is 0 Å². The van der Waals surface area contributed by atoms with Crippen molar-refractivity contribution in [2.45, 2.75) is 19.4 Å². The van der Waals surface area contributed by atoms with E-state index in [9.17, 15) is 4.79 Å². The fourth-order valence-electron chi connectivity index (χ4n) is 2.45. The Morgan fingerprint density at radius 2 is 2.41 bits per heavy atom. The van der Waals surface area contributed by atoms with Crippen molar-refractivity contribution >= 4 is 5.91 Å². The molecule has 0 aliphatic carbocycles. The van der Waals surface area contributed by atoms with Crippen molar-refractivity contribution in [3.8, 4) is 17.5 Å². The predicted octanol–water partition coefficient (Wildman–Crippen LogP) is 1.33. The van der Waals surface area contributed by atoms with E-state index in [4.69, 9.17) is 9.78 Å². The Balaban J connectivity index is 1.69. The van der Waals surface area contributed by atoms with Gasteiger partial charge in [-0.3, -0.25) is 9.78 Å². The maximum Gasteiger partial charge on any atom is 0.290 e. The minimum atomic E-state index is -0.311. The number of likely N-dealkylation sites (tertiary alicyclic amines) is 1. The van der Waals surface area contributed by atoms with Gasteiger partial charge in [0.1, 0.15) is 5.69 Å². The smallest absolute Gasteiger partial charge is 0.290 e. The highest BCUT2D eigenvalue weighted by Gasteiger charge is 2.25. The first kappa shape index (κ1) is 14.1. The van der Waals surface area contributed by atoms with Crippen LogP contribution in [0.2, 0.25) is 0 Å². The Bertz CT molecular complexity index is 734. The quantitative estimate of drug-likeness (QED) is 0.859. The van der Waals surface area contributed by atoms with Gasteiger partial charge in [-0.05, 0) is 25.5 Å². The number of aryl methyl sites for hydroxylation is 1. The third-order valence-corrected chi connectivity index (χ3v) is 3.59. The maximum absolute atomic E-state index is 12.1. The highest BCUT2D eigenvalue weighted by atomic mass is 16.5. The Hall–Kier alpha value is -2.88. The second-order valence-electron chi connectivity index (χ2n) is 5.27. The molecule has 22 heavy (non-hydrogen) atoms. The molecule has 3 rings (SSSR count). The van der Waals surface area contributed by atoms with Crippen molar-refractivity contribution in [1.82, 2.24) is 20.4 Å². The molecular weight excluding hydrogens is 282 g/mol. The lowest BCUT2D eigenvalue weighted by molar-refractivity contribution is 0.0901. The summed E-state index contributed by atoms with van der Waals surface area (Å²) >= 11 is 0. The van der Waals surface area contributed by atoms with Crippen LogP contribution in [0, 0.1) is 18.4 Å². The van der Waals surface area contributed by atoms with Crippen molar-refractivity contribution in [3.63, 3.8) is 0 Å². The maximum atomic E-state index is 12.1. The Labute approximate surface area is 127 Å². The van der Waals surface area contributed by atoms with E-state index in [1.165, 1.54) is 0 Å². The van der Waals surface area contributed by atoms with Gasteiger partial charge in [-0.1, -0.05) is 5.16 Å². The van der Waals surface area contributed by atoms with Gasteiger partial charge in [-0.15, -0.1) is 0 Å². The molecule has 7 nitrogen and oxygen atoms in total. The van der Waals surface area contributed by atoms with Crippen LogP contribution in [0.4, 0.5) is 0 Å². The van der Waals surface area contributed by atoms with Crippen molar-refractivity contribution in [3.05, 3.63) is 35.9 Å². The first-order valence-corrected chi connectivity index (χ1v) is 7.01. The second kappa shape index (κ2) is 5.85. The number of hydrogen-bond acceptors (Lipinski definition) is 6. The number of aromatic nitrogens is 2. The first-order chi connectivity index (χ1) is 10.7. The summed E-state index contributed by atoms with van der Waals surface area (Å²) in [5.41, 5.74) is 2.32. The van der Waals surface area contributed by atoms with Gasteiger partial charge in [0.15, 0.2) is 6.19 Å². The Morgan fingerprint density at radius 3 is 3.14 bits per heavy atom. The Kier molecular flexibility index (Phi) is 3.74. The first-order valence-electron chi connectivity index (χ1n) is 7.01. The summed E-state index contributed by atoms with van der Waals surface area (Å²) in [6, 6.07) is 5.26. The molecule has 2 aromatic rings. The number of carbonyl (C=O) groups is 1. The highest BCUT2D eigenvalue weighted by molar-refractivity contribution is 5.92. The molecule has 2 aromatic heterocycles. The lowest BCUT2D eigenvalue weighted by atomic mass is 10.1. The van der Waals surface area contributed by atoms with Crippen LogP contribution >= 0.6 is 0 Å². The minimum absolute atomic E-state index is 0.0381. The van der Waals surface area contributed by atoms with Crippen LogP contribution < -0.4 is 5.32 Å². The van der Waals surface area contributed by atoms with E-state index in [1.807, 2.05) is 19.1 Å². The van der Waals surface area contributed by atoms with Crippen LogP contribution in [0.1, 0.15) is 22.7 Å². The van der Waals surface area contributed by atoms with Crippen LogP contribution in [0.25, 0.3) is 11.3 Å². The van der Waals surface area contributed by atoms with E-state index >= 15 is 0 Å². The topological polar surface area (TPSA) is 95.1 Å². The number of nitrogens with zero attached hydrogens (tertiary/aromatic N) is 4. The summed E-state index contributed by atoms with van der Waals surface area (Å²) in [5.74, 6) is -0.144. The molecule has 0 aromatic carbocycles. The van der Waals surface area contributed by atoms with E-state index in [-0.39, 0.29) is 17.7 Å². The molecular formula is C15H15N5O2. The summed E-state index contributed by atoms with van der Waals surface area (Å²) in [6.45, 7) is 3.09. The van der Waals surface area contributed by atoms with Gasteiger partial charge in [0, 0.05) is 42.7 Å².